The van der Waals surface area contributed by atoms with Crippen LogP contribution in [0.4, 0.5) is 0 Å². The maximum absolute atomic E-state index is 10.8. The van der Waals surface area contributed by atoms with Crippen molar-refractivity contribution in [1.82, 2.24) is 0 Å². The third kappa shape index (κ3) is 1.66. The first-order valence-electron chi connectivity index (χ1n) is 6.99. The van der Waals surface area contributed by atoms with Crippen LogP contribution >= 0.6 is 17.0 Å². The highest BCUT2D eigenvalue weighted by molar-refractivity contribution is 8.93. The average molecular weight is 317 g/mol. The first-order chi connectivity index (χ1) is 7.89. The van der Waals surface area contributed by atoms with Crippen molar-refractivity contribution in [1.29, 1.82) is 0 Å². The molecule has 0 unspecified atom stereocenters. The van der Waals surface area contributed by atoms with Crippen molar-refractivity contribution >= 4 is 17.0 Å². The van der Waals surface area contributed by atoms with Gasteiger partial charge in [-0.3, -0.25) is 0 Å². The van der Waals surface area contributed by atoms with Crippen molar-refractivity contribution in [3.63, 3.8) is 0 Å². The minimum absolute atomic E-state index is 0. The Hall–Kier alpha value is 0.140. The fourth-order valence-electron chi connectivity index (χ4n) is 4.64. The maximum atomic E-state index is 10.8. The summed E-state index contributed by atoms with van der Waals surface area (Å²) in [5.41, 5.74) is 1.13. The van der Waals surface area contributed by atoms with Crippen LogP contribution < -0.4 is 0 Å². The summed E-state index contributed by atoms with van der Waals surface area (Å²) in [5.74, 6) is 0.852. The Morgan fingerprint density at radius 3 is 2.67 bits per heavy atom. The third-order valence-corrected chi connectivity index (χ3v) is 5.58. The van der Waals surface area contributed by atoms with Gasteiger partial charge in [-0.25, -0.2) is 0 Å². The Kier molecular flexibility index (Phi) is 3.49. The van der Waals surface area contributed by atoms with Crippen molar-refractivity contribution in [3.8, 4) is 0 Å². The van der Waals surface area contributed by atoms with Gasteiger partial charge in [0.1, 0.15) is 0 Å². The summed E-state index contributed by atoms with van der Waals surface area (Å²) in [4.78, 5) is 0. The molecule has 3 fully saturated rings. The van der Waals surface area contributed by atoms with E-state index in [1.807, 2.05) is 0 Å². The van der Waals surface area contributed by atoms with E-state index in [2.05, 4.69) is 27.4 Å². The zero-order valence-corrected chi connectivity index (χ0v) is 13.3. The first-order valence-corrected chi connectivity index (χ1v) is 6.99. The van der Waals surface area contributed by atoms with Crippen LogP contribution in [0.25, 0.3) is 0 Å². The SMILES string of the molecule is Br.C=C1C[C@]2(O)O[C@@]3(C[C@H]2C(C)C)[C@@H](C)CC[C@@H]13. The molecule has 1 saturated carbocycles. The van der Waals surface area contributed by atoms with Crippen LogP contribution in [-0.4, -0.2) is 16.5 Å². The van der Waals surface area contributed by atoms with E-state index >= 15 is 0 Å². The molecule has 1 aliphatic carbocycles. The summed E-state index contributed by atoms with van der Waals surface area (Å²) in [6.07, 6.45) is 4.08. The van der Waals surface area contributed by atoms with Crippen LogP contribution in [0.1, 0.15) is 46.5 Å². The molecule has 2 aliphatic heterocycles. The van der Waals surface area contributed by atoms with E-state index < -0.39 is 5.79 Å². The fourth-order valence-corrected chi connectivity index (χ4v) is 4.64. The first kappa shape index (κ1) is 14.5. The van der Waals surface area contributed by atoms with Crippen molar-refractivity contribution < 1.29 is 9.84 Å². The molecule has 2 bridgehead atoms. The van der Waals surface area contributed by atoms with E-state index in [1.54, 1.807) is 0 Å². The minimum atomic E-state index is -0.930. The van der Waals surface area contributed by atoms with Crippen molar-refractivity contribution in [2.75, 3.05) is 0 Å². The lowest BCUT2D eigenvalue weighted by molar-refractivity contribution is -0.269. The highest BCUT2D eigenvalue weighted by atomic mass is 79.9. The molecule has 2 saturated heterocycles. The normalized spacial score (nSPS) is 50.3. The Balaban J connectivity index is 0.00000120. The van der Waals surface area contributed by atoms with Crippen LogP contribution in [0.2, 0.25) is 0 Å². The van der Waals surface area contributed by atoms with Crippen LogP contribution in [-0.2, 0) is 4.74 Å². The number of aliphatic hydroxyl groups is 1. The molecule has 0 aromatic heterocycles. The van der Waals surface area contributed by atoms with Crippen molar-refractivity contribution in [2.24, 2.45) is 23.7 Å². The van der Waals surface area contributed by atoms with E-state index in [-0.39, 0.29) is 28.5 Å². The highest BCUT2D eigenvalue weighted by Gasteiger charge is 2.66. The van der Waals surface area contributed by atoms with Crippen molar-refractivity contribution in [3.05, 3.63) is 12.2 Å². The number of halogens is 1. The topological polar surface area (TPSA) is 29.5 Å². The predicted molar refractivity (Wildman–Crippen MR) is 77.7 cm³/mol. The number of hydrogen-bond acceptors (Lipinski definition) is 2. The van der Waals surface area contributed by atoms with Gasteiger partial charge < -0.3 is 9.84 Å². The molecule has 0 aromatic rings. The van der Waals surface area contributed by atoms with Gasteiger partial charge in [-0.1, -0.05) is 32.9 Å². The second-order valence-corrected chi connectivity index (χ2v) is 6.82. The van der Waals surface area contributed by atoms with Crippen LogP contribution in [0.15, 0.2) is 12.2 Å². The van der Waals surface area contributed by atoms with Gasteiger partial charge in [-0.2, -0.15) is 0 Å². The van der Waals surface area contributed by atoms with Gasteiger partial charge in [-0.15, -0.1) is 17.0 Å². The molecule has 104 valence electrons. The highest BCUT2D eigenvalue weighted by Crippen LogP contribution is 2.63. The maximum Gasteiger partial charge on any atom is 0.173 e. The lowest BCUT2D eigenvalue weighted by Crippen LogP contribution is -2.48. The summed E-state index contributed by atoms with van der Waals surface area (Å²) in [6, 6.07) is 0. The van der Waals surface area contributed by atoms with Gasteiger partial charge in [0.2, 0.25) is 0 Å². The van der Waals surface area contributed by atoms with E-state index in [4.69, 9.17) is 4.74 Å². The molecule has 5 atom stereocenters. The molecular formula is C15H25BrO2. The molecule has 2 heterocycles. The standard InChI is InChI=1S/C15H24O2.BrH/c1-9(2)13-8-14-11(4)5-6-12(14)10(3)7-15(13,16)17-14;/h9,11-13,16H,3,5-8H2,1-2,4H3;1H/t11-,12-,13-,14-,15-;/m0./s1. The third-order valence-electron chi connectivity index (χ3n) is 5.58. The van der Waals surface area contributed by atoms with Gasteiger partial charge in [-0.05, 0) is 31.1 Å². The zero-order valence-electron chi connectivity index (χ0n) is 11.6. The summed E-state index contributed by atoms with van der Waals surface area (Å²) < 4.78 is 6.25. The molecule has 3 heteroatoms. The molecule has 3 rings (SSSR count). The molecule has 3 aliphatic rings. The van der Waals surface area contributed by atoms with Crippen LogP contribution in [0.3, 0.4) is 0 Å². The summed E-state index contributed by atoms with van der Waals surface area (Å²) in [7, 11) is 0. The largest absolute Gasteiger partial charge is 0.365 e. The summed E-state index contributed by atoms with van der Waals surface area (Å²) >= 11 is 0. The van der Waals surface area contributed by atoms with E-state index in [1.165, 1.54) is 18.4 Å². The molecular weight excluding hydrogens is 292 g/mol. The molecule has 1 spiro atoms. The van der Waals surface area contributed by atoms with E-state index in [9.17, 15) is 5.11 Å². The van der Waals surface area contributed by atoms with Gasteiger partial charge in [0.25, 0.3) is 0 Å². The number of hydrogen-bond donors (Lipinski definition) is 1. The van der Waals surface area contributed by atoms with Gasteiger partial charge in [0.05, 0.1) is 5.60 Å². The molecule has 0 amide bonds. The van der Waals surface area contributed by atoms with E-state index in [0.29, 0.717) is 24.2 Å². The van der Waals surface area contributed by atoms with Gasteiger partial charge in [0.15, 0.2) is 5.79 Å². The lowest BCUT2D eigenvalue weighted by atomic mass is 9.77. The van der Waals surface area contributed by atoms with Gasteiger partial charge >= 0.3 is 0 Å². The lowest BCUT2D eigenvalue weighted by Gasteiger charge is -2.43. The van der Waals surface area contributed by atoms with Gasteiger partial charge in [0, 0.05) is 18.3 Å². The number of rotatable bonds is 1. The minimum Gasteiger partial charge on any atom is -0.365 e. The van der Waals surface area contributed by atoms with E-state index in [0.717, 1.165) is 6.42 Å². The molecule has 2 nitrogen and oxygen atoms in total. The second kappa shape index (κ2) is 4.32. The summed E-state index contributed by atoms with van der Waals surface area (Å²) in [5, 5.41) is 10.8. The quantitative estimate of drug-likeness (QED) is 0.748. The predicted octanol–water partition coefficient (Wildman–Crippen LogP) is 3.69. The Morgan fingerprint density at radius 1 is 1.39 bits per heavy atom. The monoisotopic (exact) mass is 316 g/mol. The van der Waals surface area contributed by atoms with Crippen molar-refractivity contribution in [2.45, 2.75) is 57.8 Å². The fraction of sp³-hybridized carbons (Fsp3) is 0.867. The molecule has 18 heavy (non-hydrogen) atoms. The Morgan fingerprint density at radius 2 is 2.06 bits per heavy atom. The number of fused-ring (bicyclic) bond motifs is 1. The van der Waals surface area contributed by atoms with Crippen LogP contribution in [0.5, 0.6) is 0 Å². The Labute approximate surface area is 121 Å². The zero-order chi connectivity index (χ0) is 12.4. The smallest absolute Gasteiger partial charge is 0.173 e. The molecule has 0 aromatic carbocycles. The number of ether oxygens (including phenoxy) is 1. The summed E-state index contributed by atoms with van der Waals surface area (Å²) in [6.45, 7) is 10.9. The van der Waals surface area contributed by atoms with Crippen LogP contribution in [0, 0.1) is 23.7 Å². The Bertz CT molecular complexity index is 368. The molecule has 1 N–H and O–H groups in total. The second-order valence-electron chi connectivity index (χ2n) is 6.82. The molecule has 0 radical (unpaired) electrons. The average Bonchev–Trinajstić information content (AvgIpc) is 2.65.